The van der Waals surface area contributed by atoms with Crippen LogP contribution in [0, 0.1) is 10.1 Å². The third-order valence-corrected chi connectivity index (χ3v) is 2.33. The summed E-state index contributed by atoms with van der Waals surface area (Å²) in [6.45, 7) is 1.71. The van der Waals surface area contributed by atoms with Crippen molar-refractivity contribution in [1.82, 2.24) is 0 Å². The molecule has 0 saturated heterocycles. The van der Waals surface area contributed by atoms with E-state index in [0.29, 0.717) is 5.00 Å². The molecule has 0 aliphatic rings. The van der Waals surface area contributed by atoms with Crippen molar-refractivity contribution in [2.24, 2.45) is 0 Å². The molecule has 0 saturated carbocycles. The van der Waals surface area contributed by atoms with Gasteiger partial charge in [0.2, 0.25) is 0 Å². The van der Waals surface area contributed by atoms with Crippen LogP contribution in [0.4, 0.5) is 10.7 Å². The Morgan fingerprint density at radius 2 is 2.54 bits per heavy atom. The van der Waals surface area contributed by atoms with Crippen LogP contribution in [-0.4, -0.2) is 22.7 Å². The Morgan fingerprint density at radius 3 is 3.08 bits per heavy atom. The number of anilines is 1. The van der Waals surface area contributed by atoms with Gasteiger partial charge in [0.05, 0.1) is 11.5 Å². The summed E-state index contributed by atoms with van der Waals surface area (Å²) >= 11 is 1.26. The van der Waals surface area contributed by atoms with Gasteiger partial charge in [-0.3, -0.25) is 10.1 Å². The highest BCUT2D eigenvalue weighted by molar-refractivity contribution is 7.14. The first kappa shape index (κ1) is 9.94. The SMILES string of the molecule is C[C@@H](CO)Nc1sccc1[N+](=O)[O-]. The van der Waals surface area contributed by atoms with E-state index in [1.807, 2.05) is 0 Å². The van der Waals surface area contributed by atoms with E-state index < -0.39 is 4.92 Å². The van der Waals surface area contributed by atoms with Crippen LogP contribution < -0.4 is 5.32 Å². The van der Waals surface area contributed by atoms with E-state index in [2.05, 4.69) is 5.32 Å². The Labute approximate surface area is 79.2 Å². The van der Waals surface area contributed by atoms with Crippen molar-refractivity contribution in [3.63, 3.8) is 0 Å². The highest BCUT2D eigenvalue weighted by Crippen LogP contribution is 2.30. The summed E-state index contributed by atoms with van der Waals surface area (Å²) in [4.78, 5) is 10.0. The van der Waals surface area contributed by atoms with Crippen molar-refractivity contribution < 1.29 is 10.0 Å². The molecule has 1 aromatic heterocycles. The zero-order valence-corrected chi connectivity index (χ0v) is 7.87. The molecule has 0 bridgehead atoms. The average Bonchev–Trinajstić information content (AvgIpc) is 2.52. The van der Waals surface area contributed by atoms with Gasteiger partial charge in [0.15, 0.2) is 5.00 Å². The summed E-state index contributed by atoms with van der Waals surface area (Å²) < 4.78 is 0. The minimum atomic E-state index is -0.442. The van der Waals surface area contributed by atoms with Gasteiger partial charge < -0.3 is 10.4 Å². The van der Waals surface area contributed by atoms with Crippen molar-refractivity contribution in [1.29, 1.82) is 0 Å². The molecule has 5 nitrogen and oxygen atoms in total. The maximum Gasteiger partial charge on any atom is 0.303 e. The largest absolute Gasteiger partial charge is 0.394 e. The zero-order chi connectivity index (χ0) is 9.84. The van der Waals surface area contributed by atoms with E-state index in [1.165, 1.54) is 17.4 Å². The lowest BCUT2D eigenvalue weighted by Crippen LogP contribution is -2.18. The first-order valence-electron chi connectivity index (χ1n) is 3.74. The molecule has 0 aromatic carbocycles. The third kappa shape index (κ3) is 2.40. The highest BCUT2D eigenvalue weighted by atomic mass is 32.1. The first-order valence-corrected chi connectivity index (χ1v) is 4.62. The molecule has 13 heavy (non-hydrogen) atoms. The molecule has 0 radical (unpaired) electrons. The van der Waals surface area contributed by atoms with Crippen LogP contribution in [0.25, 0.3) is 0 Å². The van der Waals surface area contributed by atoms with E-state index in [1.54, 1.807) is 12.3 Å². The predicted molar refractivity (Wildman–Crippen MR) is 51.1 cm³/mol. The summed E-state index contributed by atoms with van der Waals surface area (Å²) in [6.07, 6.45) is 0. The number of nitro groups is 1. The molecule has 6 heteroatoms. The predicted octanol–water partition coefficient (Wildman–Crippen LogP) is 1.45. The molecule has 0 fully saturated rings. The van der Waals surface area contributed by atoms with E-state index in [4.69, 9.17) is 5.11 Å². The van der Waals surface area contributed by atoms with Crippen LogP contribution in [0.1, 0.15) is 6.92 Å². The molecular formula is C7H10N2O3S. The van der Waals surface area contributed by atoms with Gasteiger partial charge in [0, 0.05) is 12.1 Å². The molecule has 1 heterocycles. The average molecular weight is 202 g/mol. The number of hydrogen-bond acceptors (Lipinski definition) is 5. The second-order valence-corrected chi connectivity index (χ2v) is 3.54. The van der Waals surface area contributed by atoms with E-state index in [0.717, 1.165) is 0 Å². The number of hydrogen-bond donors (Lipinski definition) is 2. The number of aliphatic hydroxyl groups is 1. The first-order chi connectivity index (χ1) is 6.15. The minimum absolute atomic E-state index is 0.0466. The smallest absolute Gasteiger partial charge is 0.303 e. The Kier molecular flexibility index (Phi) is 3.21. The third-order valence-electron chi connectivity index (χ3n) is 1.49. The maximum absolute atomic E-state index is 10.5. The van der Waals surface area contributed by atoms with Gasteiger partial charge in [-0.1, -0.05) is 0 Å². The standard InChI is InChI=1S/C7H10N2O3S/c1-5(4-10)8-7-6(9(11)12)2-3-13-7/h2-3,5,8,10H,4H2,1H3/t5-/m0/s1. The fraction of sp³-hybridized carbons (Fsp3) is 0.429. The Balaban J connectivity index is 2.76. The second-order valence-electron chi connectivity index (χ2n) is 2.62. The fourth-order valence-electron chi connectivity index (χ4n) is 0.824. The number of aliphatic hydroxyl groups excluding tert-OH is 1. The van der Waals surface area contributed by atoms with Crippen molar-refractivity contribution in [2.75, 3.05) is 11.9 Å². The molecule has 0 aliphatic carbocycles. The lowest BCUT2D eigenvalue weighted by atomic mass is 10.3. The van der Waals surface area contributed by atoms with Gasteiger partial charge in [0.1, 0.15) is 0 Å². The zero-order valence-electron chi connectivity index (χ0n) is 7.06. The van der Waals surface area contributed by atoms with E-state index in [-0.39, 0.29) is 18.3 Å². The van der Waals surface area contributed by atoms with Crippen LogP contribution in [-0.2, 0) is 0 Å². The molecule has 0 aliphatic heterocycles. The summed E-state index contributed by atoms with van der Waals surface area (Å²) in [5, 5.41) is 24.2. The Bertz CT molecular complexity index is 300. The summed E-state index contributed by atoms with van der Waals surface area (Å²) in [6, 6.07) is 1.27. The van der Waals surface area contributed by atoms with Crippen LogP contribution in [0.2, 0.25) is 0 Å². The number of nitrogens with zero attached hydrogens (tertiary/aromatic N) is 1. The van der Waals surface area contributed by atoms with Crippen LogP contribution >= 0.6 is 11.3 Å². The van der Waals surface area contributed by atoms with E-state index >= 15 is 0 Å². The second kappa shape index (κ2) is 4.20. The monoisotopic (exact) mass is 202 g/mol. The van der Waals surface area contributed by atoms with Gasteiger partial charge >= 0.3 is 5.69 Å². The summed E-state index contributed by atoms with van der Waals surface area (Å²) in [5.41, 5.74) is 0.0605. The van der Waals surface area contributed by atoms with Crippen LogP contribution in [0.5, 0.6) is 0 Å². The molecule has 0 unspecified atom stereocenters. The topological polar surface area (TPSA) is 75.4 Å². The van der Waals surface area contributed by atoms with Crippen molar-refractivity contribution >= 4 is 22.0 Å². The molecule has 1 atom stereocenters. The van der Waals surface area contributed by atoms with Crippen molar-refractivity contribution in [2.45, 2.75) is 13.0 Å². The molecule has 72 valence electrons. The van der Waals surface area contributed by atoms with Crippen molar-refractivity contribution in [3.8, 4) is 0 Å². The molecule has 0 spiro atoms. The number of nitrogens with one attached hydrogen (secondary N) is 1. The van der Waals surface area contributed by atoms with Crippen molar-refractivity contribution in [3.05, 3.63) is 21.6 Å². The summed E-state index contributed by atoms with van der Waals surface area (Å²) in [5.74, 6) is 0. The van der Waals surface area contributed by atoms with Crippen LogP contribution in [0.15, 0.2) is 11.4 Å². The number of thiophene rings is 1. The molecule has 2 N–H and O–H groups in total. The normalized spacial score (nSPS) is 12.5. The van der Waals surface area contributed by atoms with Crippen LogP contribution in [0.3, 0.4) is 0 Å². The molecule has 1 rings (SSSR count). The molecular weight excluding hydrogens is 192 g/mol. The summed E-state index contributed by atoms with van der Waals surface area (Å²) in [7, 11) is 0. The highest BCUT2D eigenvalue weighted by Gasteiger charge is 2.15. The minimum Gasteiger partial charge on any atom is -0.394 e. The fourth-order valence-corrected chi connectivity index (χ4v) is 1.69. The van der Waals surface area contributed by atoms with Gasteiger partial charge in [-0.15, -0.1) is 11.3 Å². The van der Waals surface area contributed by atoms with E-state index in [9.17, 15) is 10.1 Å². The number of rotatable bonds is 4. The lowest BCUT2D eigenvalue weighted by molar-refractivity contribution is -0.383. The van der Waals surface area contributed by atoms with Gasteiger partial charge in [0.25, 0.3) is 0 Å². The Morgan fingerprint density at radius 1 is 1.85 bits per heavy atom. The van der Waals surface area contributed by atoms with Gasteiger partial charge in [-0.05, 0) is 12.3 Å². The Hall–Kier alpha value is -1.14. The molecule has 0 amide bonds. The molecule has 1 aromatic rings. The lowest BCUT2D eigenvalue weighted by Gasteiger charge is -2.08. The quantitative estimate of drug-likeness (QED) is 0.572. The van der Waals surface area contributed by atoms with Gasteiger partial charge in [-0.2, -0.15) is 0 Å². The van der Waals surface area contributed by atoms with Gasteiger partial charge in [-0.25, -0.2) is 0 Å². The maximum atomic E-state index is 10.5.